The predicted molar refractivity (Wildman–Crippen MR) is 119 cm³/mol. The molecule has 6 rings (SSSR count). The topological polar surface area (TPSA) is 30.2 Å². The molecule has 0 bridgehead atoms. The maximum atomic E-state index is 4.53. The molecule has 1 aliphatic heterocycles. The summed E-state index contributed by atoms with van der Waals surface area (Å²) in [5, 5.41) is 1.18. The molecule has 1 aliphatic rings. The fraction of sp³-hybridized carbons (Fsp3) is 0.192. The molecule has 0 spiro atoms. The van der Waals surface area contributed by atoms with Crippen molar-refractivity contribution in [2.75, 3.05) is 0 Å². The van der Waals surface area contributed by atoms with Gasteiger partial charge in [-0.1, -0.05) is 43.2 Å². The van der Waals surface area contributed by atoms with E-state index in [1.165, 1.54) is 16.5 Å². The van der Waals surface area contributed by atoms with Crippen LogP contribution in [0.2, 0.25) is 0 Å². The van der Waals surface area contributed by atoms with Gasteiger partial charge in [-0.2, -0.15) is 4.57 Å². The standard InChI is InChI=1S/C26H23N5/c1-4-14-26(5-2)21-12-8-6-10-19(21)25-28(3)15-16-29(25)23-20-11-7-9-13-22(20)30-17-27-18-31(30)24(23)26/h6-13,15-18H,5H2,1-3H3/q+2/t26-/m1/s1. The van der Waals surface area contributed by atoms with E-state index in [1.54, 1.807) is 0 Å². The Balaban J connectivity index is 1.99. The molecule has 0 radical (unpaired) electrons. The molecular weight excluding hydrogens is 382 g/mol. The molecular formula is C26H23N5+2. The van der Waals surface area contributed by atoms with Crippen LogP contribution in [-0.4, -0.2) is 14.1 Å². The lowest BCUT2D eigenvalue weighted by Gasteiger charge is -2.28. The fourth-order valence-corrected chi connectivity index (χ4v) is 5.30. The van der Waals surface area contributed by atoms with Crippen LogP contribution in [0, 0.1) is 11.8 Å². The van der Waals surface area contributed by atoms with Crippen molar-refractivity contribution in [2.24, 2.45) is 7.05 Å². The lowest BCUT2D eigenvalue weighted by molar-refractivity contribution is -0.659. The molecule has 4 heterocycles. The van der Waals surface area contributed by atoms with Crippen molar-refractivity contribution in [1.29, 1.82) is 0 Å². The first-order valence-electron chi connectivity index (χ1n) is 10.6. The van der Waals surface area contributed by atoms with Gasteiger partial charge in [0.25, 0.3) is 5.82 Å². The first-order valence-corrected chi connectivity index (χ1v) is 10.6. The Kier molecular flexibility index (Phi) is 3.63. The van der Waals surface area contributed by atoms with Crippen LogP contribution >= 0.6 is 0 Å². The van der Waals surface area contributed by atoms with Gasteiger partial charge in [-0.3, -0.25) is 0 Å². The Labute approximate surface area is 180 Å². The average Bonchev–Trinajstić information content (AvgIpc) is 3.41. The zero-order valence-corrected chi connectivity index (χ0v) is 17.9. The highest BCUT2D eigenvalue weighted by molar-refractivity contribution is 5.89. The van der Waals surface area contributed by atoms with Gasteiger partial charge in [0, 0.05) is 0 Å². The molecule has 0 unspecified atom stereocenters. The molecule has 0 fully saturated rings. The molecule has 2 aromatic carbocycles. The monoisotopic (exact) mass is 405 g/mol. The number of fused-ring (bicyclic) bond motifs is 10. The molecule has 0 saturated heterocycles. The molecule has 150 valence electrons. The highest BCUT2D eigenvalue weighted by Crippen LogP contribution is 2.46. The van der Waals surface area contributed by atoms with E-state index >= 15 is 0 Å². The molecule has 5 heteroatoms. The summed E-state index contributed by atoms with van der Waals surface area (Å²) < 4.78 is 8.84. The quantitative estimate of drug-likeness (QED) is 0.311. The van der Waals surface area contributed by atoms with E-state index in [4.69, 9.17) is 0 Å². The first kappa shape index (κ1) is 17.9. The first-order chi connectivity index (χ1) is 15.2. The highest BCUT2D eigenvalue weighted by atomic mass is 15.4. The molecule has 5 aromatic rings. The van der Waals surface area contributed by atoms with E-state index < -0.39 is 5.41 Å². The smallest absolute Gasteiger partial charge is 0.232 e. The number of benzene rings is 2. The largest absolute Gasteiger partial charge is 0.312 e. The number of rotatable bonds is 1. The van der Waals surface area contributed by atoms with Gasteiger partial charge < -0.3 is 0 Å². The van der Waals surface area contributed by atoms with Crippen LogP contribution in [0.4, 0.5) is 0 Å². The van der Waals surface area contributed by atoms with Crippen LogP contribution in [0.15, 0.2) is 73.6 Å². The maximum absolute atomic E-state index is 4.53. The Morgan fingerprint density at radius 1 is 1.10 bits per heavy atom. The van der Waals surface area contributed by atoms with Crippen LogP contribution in [0.5, 0.6) is 0 Å². The van der Waals surface area contributed by atoms with E-state index in [2.05, 4.69) is 110 Å². The molecule has 0 aliphatic carbocycles. The maximum Gasteiger partial charge on any atom is 0.312 e. The van der Waals surface area contributed by atoms with Gasteiger partial charge in [0.15, 0.2) is 11.2 Å². The number of nitrogens with zero attached hydrogens (tertiary/aromatic N) is 5. The van der Waals surface area contributed by atoms with Gasteiger partial charge in [-0.05, 0) is 42.1 Å². The summed E-state index contributed by atoms with van der Waals surface area (Å²) >= 11 is 0. The summed E-state index contributed by atoms with van der Waals surface area (Å²) in [5.74, 6) is 8.08. The van der Waals surface area contributed by atoms with Crippen molar-refractivity contribution >= 4 is 10.9 Å². The SMILES string of the molecule is CC#C[C@]1(CC)c2ccccc2-c2n(cc[n+]2C)-c2c1n1cnc[n+]1c1ccccc21. The minimum atomic E-state index is -0.483. The second-order valence-corrected chi connectivity index (χ2v) is 8.07. The lowest BCUT2D eigenvalue weighted by atomic mass is 9.73. The fourth-order valence-electron chi connectivity index (χ4n) is 5.30. The minimum Gasteiger partial charge on any atom is -0.232 e. The molecule has 0 saturated carbocycles. The number of aryl methyl sites for hydroxylation is 1. The van der Waals surface area contributed by atoms with E-state index in [-0.39, 0.29) is 0 Å². The van der Waals surface area contributed by atoms with Gasteiger partial charge in [-0.25, -0.2) is 4.57 Å². The second kappa shape index (κ2) is 6.29. The number of hydrogen-bond donors (Lipinski definition) is 0. The van der Waals surface area contributed by atoms with E-state index in [1.807, 2.05) is 19.6 Å². The Morgan fingerprint density at radius 3 is 2.74 bits per heavy atom. The molecule has 0 N–H and O–H groups in total. The van der Waals surface area contributed by atoms with Crippen molar-refractivity contribution in [3.8, 4) is 28.9 Å². The Hall–Kier alpha value is -3.91. The zero-order valence-electron chi connectivity index (χ0n) is 17.9. The molecule has 0 amide bonds. The summed E-state index contributed by atoms with van der Waals surface area (Å²) in [7, 11) is 2.11. The summed E-state index contributed by atoms with van der Waals surface area (Å²) in [6.45, 7) is 4.17. The van der Waals surface area contributed by atoms with E-state index in [0.29, 0.717) is 0 Å². The van der Waals surface area contributed by atoms with Crippen molar-refractivity contribution in [3.05, 3.63) is 84.8 Å². The van der Waals surface area contributed by atoms with Gasteiger partial charge >= 0.3 is 6.33 Å². The molecule has 3 aromatic heterocycles. The third kappa shape index (κ3) is 2.14. The van der Waals surface area contributed by atoms with E-state index in [9.17, 15) is 0 Å². The number of aromatic nitrogens is 5. The predicted octanol–water partition coefficient (Wildman–Crippen LogP) is 3.39. The summed E-state index contributed by atoms with van der Waals surface area (Å²) in [6.07, 6.45) is 8.93. The number of imidazole rings is 1. The number of hydrogen-bond acceptors (Lipinski definition) is 1. The minimum absolute atomic E-state index is 0.483. The number of para-hydroxylation sites is 1. The van der Waals surface area contributed by atoms with Gasteiger partial charge in [0.1, 0.15) is 23.5 Å². The molecule has 5 nitrogen and oxygen atoms in total. The van der Waals surface area contributed by atoms with Gasteiger partial charge in [0.05, 0.1) is 18.0 Å². The van der Waals surface area contributed by atoms with Crippen LogP contribution in [0.1, 0.15) is 31.5 Å². The van der Waals surface area contributed by atoms with Gasteiger partial charge in [-0.15, -0.1) is 15.0 Å². The van der Waals surface area contributed by atoms with Crippen molar-refractivity contribution in [1.82, 2.24) is 14.1 Å². The zero-order chi connectivity index (χ0) is 21.2. The summed E-state index contributed by atoms with van der Waals surface area (Å²) in [5.41, 5.74) is 5.36. The van der Waals surface area contributed by atoms with Crippen molar-refractivity contribution in [3.63, 3.8) is 0 Å². The van der Waals surface area contributed by atoms with Crippen LogP contribution in [0.3, 0.4) is 0 Å². The lowest BCUT2D eigenvalue weighted by Crippen LogP contribution is -2.38. The highest BCUT2D eigenvalue weighted by Gasteiger charge is 2.46. The van der Waals surface area contributed by atoms with Crippen LogP contribution in [-0.2, 0) is 12.5 Å². The second-order valence-electron chi connectivity index (χ2n) is 8.07. The molecule has 1 atom stereocenters. The third-order valence-corrected chi connectivity index (χ3v) is 6.59. The van der Waals surface area contributed by atoms with E-state index in [0.717, 1.165) is 29.1 Å². The summed E-state index contributed by atoms with van der Waals surface area (Å²) in [4.78, 5) is 4.53. The Bertz CT molecular complexity index is 1560. The van der Waals surface area contributed by atoms with Crippen LogP contribution < -0.4 is 9.08 Å². The summed E-state index contributed by atoms with van der Waals surface area (Å²) in [6, 6.07) is 17.2. The van der Waals surface area contributed by atoms with Crippen molar-refractivity contribution < 1.29 is 9.08 Å². The van der Waals surface area contributed by atoms with Gasteiger partial charge in [0.2, 0.25) is 6.33 Å². The van der Waals surface area contributed by atoms with Crippen molar-refractivity contribution in [2.45, 2.75) is 25.7 Å². The van der Waals surface area contributed by atoms with Crippen LogP contribution in [0.25, 0.3) is 28.0 Å². The average molecular weight is 406 g/mol. The Morgan fingerprint density at radius 2 is 1.90 bits per heavy atom. The third-order valence-electron chi connectivity index (χ3n) is 6.59. The molecule has 31 heavy (non-hydrogen) atoms. The normalized spacial score (nSPS) is 16.9.